The Bertz CT molecular complexity index is 165. The van der Waals surface area contributed by atoms with Crippen LogP contribution >= 0.6 is 11.6 Å². The van der Waals surface area contributed by atoms with Crippen LogP contribution in [0.15, 0.2) is 11.0 Å². The molecule has 0 aliphatic rings. The zero-order valence-corrected chi connectivity index (χ0v) is 8.46. The van der Waals surface area contributed by atoms with E-state index in [1.807, 2.05) is 0 Å². The summed E-state index contributed by atoms with van der Waals surface area (Å²) in [4.78, 5) is 0. The van der Waals surface area contributed by atoms with Crippen LogP contribution < -0.4 is 0 Å². The molecule has 78 valence electrons. The van der Waals surface area contributed by atoms with E-state index in [1.54, 1.807) is 0 Å². The molecule has 0 aromatic carbocycles. The lowest BCUT2D eigenvalue weighted by molar-refractivity contribution is 0.497. The van der Waals surface area contributed by atoms with E-state index in [1.165, 1.54) is 0 Å². The van der Waals surface area contributed by atoms with Crippen LogP contribution in [-0.2, 0) is 0 Å². The fraction of sp³-hybridized carbons (Fsp3) is 0.750. The Kier molecular flexibility index (Phi) is 6.30. The van der Waals surface area contributed by atoms with Gasteiger partial charge in [-0.2, -0.15) is 0 Å². The van der Waals surface area contributed by atoms with Gasteiger partial charge >= 0.3 is 6.98 Å². The second-order valence-corrected chi connectivity index (χ2v) is 3.54. The Morgan fingerprint density at radius 3 is 2.31 bits per heavy atom. The van der Waals surface area contributed by atoms with Crippen molar-refractivity contribution in [2.24, 2.45) is 0 Å². The van der Waals surface area contributed by atoms with E-state index in [4.69, 9.17) is 11.6 Å². The van der Waals surface area contributed by atoms with Gasteiger partial charge in [0.1, 0.15) is 0 Å². The SMILES string of the molecule is CCCCCC/C(Cl)=C/[B-](F)(F)F. The highest BCUT2D eigenvalue weighted by atomic mass is 35.5. The van der Waals surface area contributed by atoms with E-state index < -0.39 is 6.98 Å². The summed E-state index contributed by atoms with van der Waals surface area (Å²) in [5, 5.41) is -0.0661. The highest BCUT2D eigenvalue weighted by Crippen LogP contribution is 2.19. The quantitative estimate of drug-likeness (QED) is 0.451. The van der Waals surface area contributed by atoms with Gasteiger partial charge in [-0.15, -0.1) is 5.98 Å². The summed E-state index contributed by atoms with van der Waals surface area (Å²) in [5.41, 5.74) is 0. The molecule has 0 aromatic rings. The summed E-state index contributed by atoms with van der Waals surface area (Å²) in [6.45, 7) is -2.81. The standard InChI is InChI=1S/C8H14BClF3/c1-2-3-4-5-6-8(10)7-9(11,12)13/h7H,2-6H2,1H3/q-1/b8-7-. The summed E-state index contributed by atoms with van der Waals surface area (Å²) < 4.78 is 35.3. The molecule has 0 nitrogen and oxygen atoms in total. The molecule has 5 heteroatoms. The zero-order chi connectivity index (χ0) is 10.3. The second kappa shape index (κ2) is 6.36. The van der Waals surface area contributed by atoms with Crippen LogP contribution in [0.4, 0.5) is 12.9 Å². The summed E-state index contributed by atoms with van der Waals surface area (Å²) in [5.74, 6) is 0.230. The number of allylic oxidation sites excluding steroid dienone is 1. The van der Waals surface area contributed by atoms with Crippen LogP contribution in [0.5, 0.6) is 0 Å². The number of unbranched alkanes of at least 4 members (excludes halogenated alkanes) is 3. The van der Waals surface area contributed by atoms with Gasteiger partial charge in [-0.3, -0.25) is 0 Å². The molecule has 0 bridgehead atoms. The van der Waals surface area contributed by atoms with Gasteiger partial charge in [0.05, 0.1) is 0 Å². The van der Waals surface area contributed by atoms with Crippen LogP contribution in [0.1, 0.15) is 39.0 Å². The highest BCUT2D eigenvalue weighted by Gasteiger charge is 2.18. The molecular weight excluding hydrogens is 199 g/mol. The minimum absolute atomic E-state index is 0.0661. The van der Waals surface area contributed by atoms with E-state index in [0.29, 0.717) is 6.42 Å². The van der Waals surface area contributed by atoms with Gasteiger partial charge in [-0.25, -0.2) is 0 Å². The Hall–Kier alpha value is -0.115. The third-order valence-electron chi connectivity index (χ3n) is 1.64. The molecule has 0 fully saturated rings. The largest absolute Gasteiger partial charge is 0.503 e. The molecule has 13 heavy (non-hydrogen) atoms. The molecule has 0 heterocycles. The van der Waals surface area contributed by atoms with Gasteiger partial charge in [0, 0.05) is 0 Å². The first kappa shape index (κ1) is 12.9. The van der Waals surface area contributed by atoms with Crippen molar-refractivity contribution in [3.63, 3.8) is 0 Å². The molecule has 0 aromatic heterocycles. The van der Waals surface area contributed by atoms with Crippen molar-refractivity contribution in [2.75, 3.05) is 0 Å². The Morgan fingerprint density at radius 2 is 1.85 bits per heavy atom. The second-order valence-electron chi connectivity index (χ2n) is 3.05. The van der Waals surface area contributed by atoms with Crippen molar-refractivity contribution in [2.45, 2.75) is 39.0 Å². The van der Waals surface area contributed by atoms with E-state index >= 15 is 0 Å². The number of halogens is 4. The average molecular weight is 213 g/mol. The smallest absolute Gasteiger partial charge is 0.445 e. The molecule has 0 rings (SSSR count). The number of rotatable bonds is 6. The van der Waals surface area contributed by atoms with Crippen molar-refractivity contribution in [1.29, 1.82) is 0 Å². The fourth-order valence-corrected chi connectivity index (χ4v) is 1.29. The van der Waals surface area contributed by atoms with Crippen LogP contribution in [0.2, 0.25) is 0 Å². The van der Waals surface area contributed by atoms with E-state index in [2.05, 4.69) is 6.92 Å². The minimum Gasteiger partial charge on any atom is -0.445 e. The first-order valence-corrected chi connectivity index (χ1v) is 4.90. The molecule has 0 aliphatic carbocycles. The van der Waals surface area contributed by atoms with Gasteiger partial charge in [0.15, 0.2) is 0 Å². The number of hydrogen-bond donors (Lipinski definition) is 0. The van der Waals surface area contributed by atoms with Crippen molar-refractivity contribution >= 4 is 18.6 Å². The summed E-state index contributed by atoms with van der Waals surface area (Å²) >= 11 is 5.40. The van der Waals surface area contributed by atoms with Crippen molar-refractivity contribution in [3.05, 3.63) is 11.0 Å². The first-order chi connectivity index (χ1) is 5.95. The van der Waals surface area contributed by atoms with E-state index in [-0.39, 0.29) is 11.0 Å². The van der Waals surface area contributed by atoms with Crippen molar-refractivity contribution in [3.8, 4) is 0 Å². The lowest BCUT2D eigenvalue weighted by Crippen LogP contribution is -2.10. The maximum Gasteiger partial charge on any atom is 0.503 e. The van der Waals surface area contributed by atoms with Crippen LogP contribution in [0, 0.1) is 0 Å². The van der Waals surface area contributed by atoms with Crippen LogP contribution in [0.3, 0.4) is 0 Å². The summed E-state index contributed by atoms with van der Waals surface area (Å²) in [6.07, 6.45) is 4.18. The molecule has 0 aliphatic heterocycles. The Morgan fingerprint density at radius 1 is 1.23 bits per heavy atom. The molecule has 0 saturated heterocycles. The summed E-state index contributed by atoms with van der Waals surface area (Å²) in [6, 6.07) is 0. The molecular formula is C8H14BClF3-. The van der Waals surface area contributed by atoms with Crippen LogP contribution in [0.25, 0.3) is 0 Å². The molecule has 0 atom stereocenters. The molecule has 0 radical (unpaired) electrons. The molecule has 0 unspecified atom stereocenters. The van der Waals surface area contributed by atoms with Gasteiger partial charge in [-0.1, -0.05) is 37.8 Å². The lowest BCUT2D eigenvalue weighted by Gasteiger charge is -2.08. The zero-order valence-electron chi connectivity index (χ0n) is 7.70. The normalized spacial score (nSPS) is 13.5. The van der Waals surface area contributed by atoms with Crippen molar-refractivity contribution < 1.29 is 12.9 Å². The molecule has 0 amide bonds. The van der Waals surface area contributed by atoms with E-state index in [0.717, 1.165) is 25.7 Å². The lowest BCUT2D eigenvalue weighted by atomic mass is 9.91. The maximum absolute atomic E-state index is 11.8. The fourth-order valence-electron chi connectivity index (χ4n) is 1.01. The molecule has 0 N–H and O–H groups in total. The van der Waals surface area contributed by atoms with Gasteiger partial charge in [-0.05, 0) is 17.9 Å². The number of hydrogen-bond acceptors (Lipinski definition) is 0. The predicted molar refractivity (Wildman–Crippen MR) is 51.8 cm³/mol. The molecule has 0 saturated carbocycles. The minimum atomic E-state index is -4.86. The van der Waals surface area contributed by atoms with Gasteiger partial charge < -0.3 is 12.9 Å². The first-order valence-electron chi connectivity index (χ1n) is 4.53. The average Bonchev–Trinajstić information content (AvgIpc) is 1.94. The monoisotopic (exact) mass is 213 g/mol. The topological polar surface area (TPSA) is 0 Å². The van der Waals surface area contributed by atoms with Gasteiger partial charge in [0.25, 0.3) is 0 Å². The Balaban J connectivity index is 3.62. The highest BCUT2D eigenvalue weighted by molar-refractivity contribution is 6.65. The molecule has 0 spiro atoms. The predicted octanol–water partition coefficient (Wildman–Crippen LogP) is 4.47. The summed E-state index contributed by atoms with van der Waals surface area (Å²) in [7, 11) is 0. The van der Waals surface area contributed by atoms with Crippen LogP contribution in [-0.4, -0.2) is 6.98 Å². The third kappa shape index (κ3) is 9.80. The third-order valence-corrected chi connectivity index (χ3v) is 1.95. The van der Waals surface area contributed by atoms with Crippen molar-refractivity contribution in [1.82, 2.24) is 0 Å². The maximum atomic E-state index is 11.8. The van der Waals surface area contributed by atoms with E-state index in [9.17, 15) is 12.9 Å². The van der Waals surface area contributed by atoms with Gasteiger partial charge in [0.2, 0.25) is 0 Å². The Labute approximate surface area is 82.2 Å².